The van der Waals surface area contributed by atoms with Gasteiger partial charge < -0.3 is 20.1 Å². The van der Waals surface area contributed by atoms with Crippen molar-refractivity contribution in [2.24, 2.45) is 21.8 Å². The highest BCUT2D eigenvalue weighted by Crippen LogP contribution is 2.38. The number of aromatic nitrogens is 5. The molecule has 4 aromatic rings. The van der Waals surface area contributed by atoms with Crippen LogP contribution in [0.5, 0.6) is 11.5 Å². The van der Waals surface area contributed by atoms with Gasteiger partial charge in [0.25, 0.3) is 0 Å². The summed E-state index contributed by atoms with van der Waals surface area (Å²) in [4.78, 5) is 24.2. The van der Waals surface area contributed by atoms with Crippen molar-refractivity contribution >= 4 is 47.1 Å². The largest absolute Gasteiger partial charge is 0.456 e. The molecule has 38 heavy (non-hydrogen) atoms. The summed E-state index contributed by atoms with van der Waals surface area (Å²) >= 11 is 6.56. The lowest BCUT2D eigenvalue weighted by Gasteiger charge is -2.35. The van der Waals surface area contributed by atoms with E-state index in [2.05, 4.69) is 42.0 Å². The number of aliphatic hydroxyl groups is 1. The van der Waals surface area contributed by atoms with E-state index in [9.17, 15) is 5.11 Å². The molecule has 3 aromatic heterocycles. The predicted molar refractivity (Wildman–Crippen MR) is 146 cm³/mol. The van der Waals surface area contributed by atoms with E-state index in [1.165, 1.54) is 6.33 Å². The highest BCUT2D eigenvalue weighted by molar-refractivity contribution is 6.32. The Morgan fingerprint density at radius 3 is 2.74 bits per heavy atom. The Labute approximate surface area is 223 Å². The number of rotatable bonds is 6. The van der Waals surface area contributed by atoms with Crippen molar-refractivity contribution in [2.45, 2.75) is 18.9 Å². The standard InChI is InChI=1S/C26H26ClN9O2/c1-28-20-11-30-26(35-12-15-3-4-16(13-35)24(15)37)34-23(20)25(29-2)33-17-5-6-21(19(27)9-17)38-18-7-8-36-22(10-18)31-14-32-36/h5-11,14-16,24,37H,1,3-4,12-13H2,2H3,(H,29,33)/t15-,16+,24?. The third-order valence-electron chi connectivity index (χ3n) is 7.12. The maximum Gasteiger partial charge on any atom is 0.226 e. The second-order valence-electron chi connectivity index (χ2n) is 9.42. The van der Waals surface area contributed by atoms with Gasteiger partial charge >= 0.3 is 0 Å². The first-order valence-corrected chi connectivity index (χ1v) is 12.7. The van der Waals surface area contributed by atoms with Gasteiger partial charge in [0.2, 0.25) is 5.95 Å². The van der Waals surface area contributed by atoms with Gasteiger partial charge in [-0.25, -0.2) is 19.5 Å². The SMILES string of the molecule is C=Nc1cnc(N2C[C@H]3CC[C@@H](C2)C3O)nc1C(=NC)Nc1ccc(Oc2ccn3ncnc3c2)c(Cl)c1. The average molecular weight is 532 g/mol. The fourth-order valence-corrected chi connectivity index (χ4v) is 5.39. The molecule has 0 spiro atoms. The van der Waals surface area contributed by atoms with Crippen molar-refractivity contribution < 1.29 is 9.84 Å². The number of benzene rings is 1. The molecule has 0 radical (unpaired) electrons. The first-order chi connectivity index (χ1) is 18.5. The Balaban J connectivity index is 1.22. The van der Waals surface area contributed by atoms with Gasteiger partial charge in [0.15, 0.2) is 11.5 Å². The highest BCUT2D eigenvalue weighted by Gasteiger charge is 2.41. The average Bonchev–Trinajstić information content (AvgIpc) is 3.46. The number of nitrogens with zero attached hydrogens (tertiary/aromatic N) is 8. The molecule has 0 amide bonds. The summed E-state index contributed by atoms with van der Waals surface area (Å²) in [6, 6.07) is 8.94. The van der Waals surface area contributed by atoms with Crippen LogP contribution in [0.4, 0.5) is 17.3 Å². The van der Waals surface area contributed by atoms with Crippen molar-refractivity contribution in [2.75, 3.05) is 30.4 Å². The van der Waals surface area contributed by atoms with E-state index in [0.29, 0.717) is 51.0 Å². The number of anilines is 2. The molecule has 194 valence electrons. The van der Waals surface area contributed by atoms with E-state index in [1.54, 1.807) is 48.2 Å². The molecule has 1 aromatic carbocycles. The van der Waals surface area contributed by atoms with E-state index >= 15 is 0 Å². The quantitative estimate of drug-likeness (QED) is 0.282. The van der Waals surface area contributed by atoms with Crippen LogP contribution in [0.15, 0.2) is 59.0 Å². The van der Waals surface area contributed by atoms with E-state index in [-0.39, 0.29) is 17.9 Å². The number of amidine groups is 1. The fourth-order valence-electron chi connectivity index (χ4n) is 5.17. The van der Waals surface area contributed by atoms with Crippen molar-refractivity contribution in [3.05, 3.63) is 59.8 Å². The number of aliphatic hydroxyl groups excluding tert-OH is 1. The molecule has 1 aliphatic carbocycles. The molecule has 2 N–H and O–H groups in total. The smallest absolute Gasteiger partial charge is 0.226 e. The number of hydrogen-bond donors (Lipinski definition) is 2. The number of aliphatic imine (C=N–C) groups is 2. The van der Waals surface area contributed by atoms with Gasteiger partial charge in [0.1, 0.15) is 29.2 Å². The summed E-state index contributed by atoms with van der Waals surface area (Å²) in [5.41, 5.74) is 2.41. The van der Waals surface area contributed by atoms with Crippen LogP contribution < -0.4 is 15.0 Å². The van der Waals surface area contributed by atoms with Gasteiger partial charge in [0, 0.05) is 49.9 Å². The minimum absolute atomic E-state index is 0.239. The van der Waals surface area contributed by atoms with Gasteiger partial charge in [-0.2, -0.15) is 5.10 Å². The Morgan fingerprint density at radius 1 is 1.18 bits per heavy atom. The topological polar surface area (TPSA) is 125 Å². The predicted octanol–water partition coefficient (Wildman–Crippen LogP) is 3.99. The van der Waals surface area contributed by atoms with E-state index in [1.807, 2.05) is 6.07 Å². The molecule has 1 saturated carbocycles. The number of nitrogens with one attached hydrogen (secondary N) is 1. The summed E-state index contributed by atoms with van der Waals surface area (Å²) in [6.07, 6.45) is 6.72. The van der Waals surface area contributed by atoms with Crippen LogP contribution in [-0.4, -0.2) is 68.5 Å². The van der Waals surface area contributed by atoms with Crippen LogP contribution in [-0.2, 0) is 0 Å². The van der Waals surface area contributed by atoms with Crippen LogP contribution >= 0.6 is 11.6 Å². The van der Waals surface area contributed by atoms with Crippen molar-refractivity contribution in [1.29, 1.82) is 0 Å². The zero-order valence-electron chi connectivity index (χ0n) is 20.7. The maximum atomic E-state index is 10.4. The number of halogens is 1. The summed E-state index contributed by atoms with van der Waals surface area (Å²) in [7, 11) is 1.67. The summed E-state index contributed by atoms with van der Waals surface area (Å²) in [5.74, 6) is 2.67. The molecular formula is C26H26ClN9O2. The molecule has 3 atom stereocenters. The van der Waals surface area contributed by atoms with Gasteiger partial charge in [-0.3, -0.25) is 9.98 Å². The Kier molecular flexibility index (Phi) is 6.38. The highest BCUT2D eigenvalue weighted by atomic mass is 35.5. The minimum atomic E-state index is -0.239. The lowest BCUT2D eigenvalue weighted by molar-refractivity contribution is 0.0788. The van der Waals surface area contributed by atoms with Gasteiger partial charge in [0.05, 0.1) is 17.3 Å². The lowest BCUT2D eigenvalue weighted by atomic mass is 9.95. The van der Waals surface area contributed by atoms with Gasteiger partial charge in [-0.15, -0.1) is 0 Å². The third kappa shape index (κ3) is 4.54. The Bertz CT molecular complexity index is 1520. The molecular weight excluding hydrogens is 506 g/mol. The summed E-state index contributed by atoms with van der Waals surface area (Å²) < 4.78 is 7.62. The van der Waals surface area contributed by atoms with Crippen LogP contribution in [0.25, 0.3) is 5.65 Å². The minimum Gasteiger partial charge on any atom is -0.456 e. The normalized spacial score (nSPS) is 21.1. The molecule has 6 rings (SSSR count). The molecule has 2 aliphatic rings. The van der Waals surface area contributed by atoms with Crippen molar-refractivity contribution in [3.63, 3.8) is 0 Å². The molecule has 2 bridgehead atoms. The zero-order valence-corrected chi connectivity index (χ0v) is 21.5. The van der Waals surface area contributed by atoms with E-state index in [4.69, 9.17) is 21.3 Å². The van der Waals surface area contributed by atoms with Crippen LogP contribution in [0, 0.1) is 11.8 Å². The van der Waals surface area contributed by atoms with E-state index in [0.717, 1.165) is 25.9 Å². The van der Waals surface area contributed by atoms with Gasteiger partial charge in [-0.1, -0.05) is 11.6 Å². The third-order valence-corrected chi connectivity index (χ3v) is 7.41. The molecule has 1 unspecified atom stereocenters. The maximum absolute atomic E-state index is 10.4. The first kappa shape index (κ1) is 24.3. The number of hydrogen-bond acceptors (Lipinski definition) is 9. The lowest BCUT2D eigenvalue weighted by Crippen LogP contribution is -2.45. The number of fused-ring (bicyclic) bond motifs is 3. The monoisotopic (exact) mass is 531 g/mol. The second kappa shape index (κ2) is 9.99. The second-order valence-corrected chi connectivity index (χ2v) is 9.83. The molecule has 2 fully saturated rings. The van der Waals surface area contributed by atoms with Crippen molar-refractivity contribution in [3.8, 4) is 11.5 Å². The van der Waals surface area contributed by atoms with E-state index < -0.39 is 0 Å². The van der Waals surface area contributed by atoms with Crippen LogP contribution in [0.2, 0.25) is 5.02 Å². The number of piperidine rings is 1. The zero-order chi connectivity index (χ0) is 26.2. The van der Waals surface area contributed by atoms with Crippen molar-refractivity contribution in [1.82, 2.24) is 24.6 Å². The fraction of sp³-hybridized carbons (Fsp3) is 0.308. The summed E-state index contributed by atoms with van der Waals surface area (Å²) in [5, 5.41) is 18.2. The van der Waals surface area contributed by atoms with Crippen LogP contribution in [0.3, 0.4) is 0 Å². The number of pyridine rings is 1. The Morgan fingerprint density at radius 2 is 2.00 bits per heavy atom. The van der Waals surface area contributed by atoms with Crippen LogP contribution in [0.1, 0.15) is 18.5 Å². The molecule has 1 saturated heterocycles. The molecule has 4 heterocycles. The first-order valence-electron chi connectivity index (χ1n) is 12.3. The molecule has 12 heteroatoms. The van der Waals surface area contributed by atoms with Gasteiger partial charge in [-0.05, 0) is 43.8 Å². The molecule has 11 nitrogen and oxygen atoms in total. The summed E-state index contributed by atoms with van der Waals surface area (Å²) in [6.45, 7) is 5.13. The molecule has 1 aliphatic heterocycles. The number of ether oxygens (including phenoxy) is 1. The Hall–Kier alpha value is -4.09.